The highest BCUT2D eigenvalue weighted by atomic mass is 35.5. The Morgan fingerprint density at radius 3 is 2.66 bits per heavy atom. The van der Waals surface area contributed by atoms with Gasteiger partial charge >= 0.3 is 0 Å². The van der Waals surface area contributed by atoms with Gasteiger partial charge in [-0.25, -0.2) is 18.7 Å². The third kappa shape index (κ3) is 3.88. The molecule has 0 bridgehead atoms. The van der Waals surface area contributed by atoms with Crippen LogP contribution in [0.4, 0.5) is 20.3 Å². The van der Waals surface area contributed by atoms with Gasteiger partial charge in [0.1, 0.15) is 39.6 Å². The molecule has 4 N–H and O–H groups in total. The Morgan fingerprint density at radius 1 is 1.28 bits per heavy atom. The molecule has 7 nitrogen and oxygen atoms in total. The van der Waals surface area contributed by atoms with Crippen molar-refractivity contribution in [3.63, 3.8) is 0 Å². The van der Waals surface area contributed by atoms with E-state index in [4.69, 9.17) is 21.4 Å². The number of aliphatic hydroxyl groups excluding tert-OH is 1. The zero-order chi connectivity index (χ0) is 25.7. The average Bonchev–Trinajstić information content (AvgIpc) is 3.17. The lowest BCUT2D eigenvalue weighted by atomic mass is 10.0. The Balaban J connectivity index is 1.70. The molecule has 1 unspecified atom stereocenters. The molecule has 1 amide bonds. The van der Waals surface area contributed by atoms with E-state index in [9.17, 15) is 18.7 Å². The van der Waals surface area contributed by atoms with Crippen LogP contribution in [-0.2, 0) is 4.79 Å². The van der Waals surface area contributed by atoms with Gasteiger partial charge in [-0.05, 0) is 49.2 Å². The summed E-state index contributed by atoms with van der Waals surface area (Å²) in [6.07, 6.45) is -0.585. The van der Waals surface area contributed by atoms with Gasteiger partial charge in [0.15, 0.2) is 6.10 Å². The fraction of sp³-hybridized carbons (Fsp3) is 0.136. The van der Waals surface area contributed by atoms with Crippen LogP contribution in [0, 0.1) is 25.4 Å². The SMILES string of the molecule is [2H]C([2H])([2H])c1nc(-c2ccc(NC(=O)C(O)c3cc(F)cc(F)c3)cc2C)c2c(N)ncc(Cl)n12. The Labute approximate surface area is 190 Å². The minimum atomic E-state index is -2.59. The van der Waals surface area contributed by atoms with Crippen molar-refractivity contribution in [3.8, 4) is 11.3 Å². The van der Waals surface area contributed by atoms with Crippen LogP contribution < -0.4 is 11.1 Å². The summed E-state index contributed by atoms with van der Waals surface area (Å²) in [6.45, 7) is -0.898. The van der Waals surface area contributed by atoms with E-state index < -0.39 is 30.5 Å². The largest absolute Gasteiger partial charge is 0.382 e. The van der Waals surface area contributed by atoms with Crippen molar-refractivity contribution in [2.75, 3.05) is 11.1 Å². The Hall–Kier alpha value is -3.56. The number of aryl methyl sites for hydroxylation is 2. The fourth-order valence-electron chi connectivity index (χ4n) is 3.40. The molecule has 0 aliphatic heterocycles. The number of nitrogens with zero attached hydrogens (tertiary/aromatic N) is 3. The zero-order valence-electron chi connectivity index (χ0n) is 19.5. The lowest BCUT2D eigenvalue weighted by Gasteiger charge is -2.13. The maximum Gasteiger partial charge on any atom is 0.257 e. The molecule has 0 fully saturated rings. The number of hydrogen-bond acceptors (Lipinski definition) is 5. The number of anilines is 2. The third-order valence-electron chi connectivity index (χ3n) is 4.84. The number of carbonyl (C=O) groups excluding carboxylic acids is 1. The van der Waals surface area contributed by atoms with Gasteiger partial charge in [0.05, 0.1) is 6.20 Å². The third-order valence-corrected chi connectivity index (χ3v) is 5.11. The summed E-state index contributed by atoms with van der Waals surface area (Å²) < 4.78 is 51.5. The topological polar surface area (TPSA) is 106 Å². The predicted octanol–water partition coefficient (Wildman–Crippen LogP) is 4.20. The van der Waals surface area contributed by atoms with Crippen molar-refractivity contribution in [3.05, 3.63) is 76.3 Å². The molecule has 0 radical (unpaired) electrons. The van der Waals surface area contributed by atoms with Gasteiger partial charge in [-0.15, -0.1) is 0 Å². The van der Waals surface area contributed by atoms with Crippen molar-refractivity contribution >= 4 is 34.5 Å². The highest BCUT2D eigenvalue weighted by Gasteiger charge is 2.21. The molecule has 4 aromatic rings. The molecule has 32 heavy (non-hydrogen) atoms. The molecule has 1 atom stereocenters. The van der Waals surface area contributed by atoms with E-state index >= 15 is 0 Å². The molecule has 4 rings (SSSR count). The minimum Gasteiger partial charge on any atom is -0.382 e. The molecule has 0 aliphatic carbocycles. The monoisotopic (exact) mass is 460 g/mol. The van der Waals surface area contributed by atoms with Crippen molar-refractivity contribution in [1.82, 2.24) is 14.4 Å². The molecule has 2 heterocycles. The molecule has 164 valence electrons. The summed E-state index contributed by atoms with van der Waals surface area (Å²) in [6, 6.07) is 6.97. The first-order valence-corrected chi connectivity index (χ1v) is 9.63. The average molecular weight is 461 g/mol. The number of fused-ring (bicyclic) bond motifs is 1. The van der Waals surface area contributed by atoms with Crippen molar-refractivity contribution in [1.29, 1.82) is 0 Å². The Morgan fingerprint density at radius 2 is 2.00 bits per heavy atom. The molecular weight excluding hydrogens is 440 g/mol. The quantitative estimate of drug-likeness (QED) is 0.423. The molecule has 0 aliphatic rings. The van der Waals surface area contributed by atoms with Crippen LogP contribution in [-0.4, -0.2) is 25.4 Å². The molecule has 0 spiro atoms. The van der Waals surface area contributed by atoms with E-state index in [0.717, 1.165) is 12.1 Å². The van der Waals surface area contributed by atoms with Crippen LogP contribution in [0.15, 0.2) is 42.6 Å². The van der Waals surface area contributed by atoms with Crippen molar-refractivity contribution in [2.24, 2.45) is 0 Å². The fourth-order valence-corrected chi connectivity index (χ4v) is 3.61. The number of benzene rings is 2. The van der Waals surface area contributed by atoms with Crippen LogP contribution >= 0.6 is 11.6 Å². The van der Waals surface area contributed by atoms with Gasteiger partial charge in [0.2, 0.25) is 0 Å². The number of nitrogens with one attached hydrogen (secondary N) is 1. The number of nitrogen functional groups attached to an aromatic ring is 1. The van der Waals surface area contributed by atoms with Crippen molar-refractivity contribution < 1.29 is 22.8 Å². The first kappa shape index (κ1) is 18.1. The highest BCUT2D eigenvalue weighted by molar-refractivity contribution is 6.29. The van der Waals surface area contributed by atoms with Crippen LogP contribution in [0.2, 0.25) is 5.15 Å². The Bertz CT molecular complexity index is 1460. The summed E-state index contributed by atoms with van der Waals surface area (Å²) >= 11 is 6.20. The predicted molar refractivity (Wildman–Crippen MR) is 117 cm³/mol. The first-order valence-electron chi connectivity index (χ1n) is 10.8. The highest BCUT2D eigenvalue weighted by Crippen LogP contribution is 2.33. The maximum absolute atomic E-state index is 13.4. The summed E-state index contributed by atoms with van der Waals surface area (Å²) in [5.74, 6) is -3.02. The second-order valence-electron chi connectivity index (χ2n) is 7.06. The smallest absolute Gasteiger partial charge is 0.257 e. The summed E-state index contributed by atoms with van der Waals surface area (Å²) in [4.78, 5) is 20.7. The number of rotatable bonds is 4. The maximum atomic E-state index is 13.4. The molecule has 10 heteroatoms. The number of halogens is 3. The van der Waals surface area contributed by atoms with Crippen LogP contribution in [0.25, 0.3) is 16.8 Å². The molecule has 2 aromatic carbocycles. The van der Waals surface area contributed by atoms with Crippen molar-refractivity contribution in [2.45, 2.75) is 19.9 Å². The second kappa shape index (κ2) is 8.18. The lowest BCUT2D eigenvalue weighted by Crippen LogP contribution is -2.21. The number of nitrogens with two attached hydrogens (primary N) is 1. The molecule has 0 saturated heterocycles. The summed E-state index contributed by atoms with van der Waals surface area (Å²) in [7, 11) is 0. The Kier molecular flexibility index (Phi) is 4.61. The van der Waals surface area contributed by atoms with Gasteiger partial charge in [-0.3, -0.25) is 9.20 Å². The van der Waals surface area contributed by atoms with Gasteiger partial charge in [0.25, 0.3) is 5.91 Å². The summed E-state index contributed by atoms with van der Waals surface area (Å²) in [5.41, 5.74) is 7.58. The van der Waals surface area contributed by atoms with E-state index in [-0.39, 0.29) is 39.3 Å². The number of hydrogen-bond donors (Lipinski definition) is 3. The standard InChI is InChI=1S/C22H18ClF2N5O2/c1-10-5-15(29-22(32)20(31)12-6-13(24)8-14(25)7-12)3-4-16(10)18-19-21(26)27-9-17(23)30(19)11(2)28-18/h3-9,20,31H,1-2H3,(H2,26,27)(H,29,32)/i2D3. The minimum absolute atomic E-state index is 0.0170. The number of aromatic nitrogens is 3. The molecule has 0 saturated carbocycles. The number of imidazole rings is 1. The number of aliphatic hydroxyl groups is 1. The van der Waals surface area contributed by atoms with Gasteiger partial charge in [-0.2, -0.15) is 0 Å². The first-order chi connectivity index (χ1) is 16.4. The molecule has 2 aromatic heterocycles. The summed E-state index contributed by atoms with van der Waals surface area (Å²) in [5, 5.41) is 12.7. The lowest BCUT2D eigenvalue weighted by molar-refractivity contribution is -0.124. The van der Waals surface area contributed by atoms with Crippen LogP contribution in [0.3, 0.4) is 0 Å². The zero-order valence-corrected chi connectivity index (χ0v) is 17.3. The van der Waals surface area contributed by atoms with Crippen LogP contribution in [0.1, 0.15) is 27.2 Å². The molecular formula is C22H18ClF2N5O2. The van der Waals surface area contributed by atoms with Gasteiger partial charge in [-0.1, -0.05) is 17.7 Å². The van der Waals surface area contributed by atoms with Gasteiger partial charge in [0, 0.05) is 21.4 Å². The van der Waals surface area contributed by atoms with E-state index in [1.807, 2.05) is 0 Å². The van der Waals surface area contributed by atoms with E-state index in [2.05, 4.69) is 15.3 Å². The number of carbonyl (C=O) groups is 1. The normalized spacial score (nSPS) is 14.0. The number of amides is 1. The van der Waals surface area contributed by atoms with Crippen LogP contribution in [0.5, 0.6) is 0 Å². The van der Waals surface area contributed by atoms with E-state index in [1.165, 1.54) is 16.7 Å². The van der Waals surface area contributed by atoms with Gasteiger partial charge < -0.3 is 16.2 Å². The van der Waals surface area contributed by atoms with E-state index in [1.54, 1.807) is 19.1 Å². The van der Waals surface area contributed by atoms with E-state index in [0.29, 0.717) is 17.2 Å². The second-order valence-corrected chi connectivity index (χ2v) is 7.45.